The van der Waals surface area contributed by atoms with Gasteiger partial charge in [0.05, 0.1) is 0 Å². The van der Waals surface area contributed by atoms with Crippen molar-refractivity contribution in [2.24, 2.45) is 17.8 Å². The molecule has 0 aliphatic heterocycles. The number of nitrogens with one attached hydrogen (secondary N) is 1. The zero-order valence-corrected chi connectivity index (χ0v) is 10.3. The molecule has 15 heavy (non-hydrogen) atoms. The number of rotatable bonds is 5. The largest absolute Gasteiger partial charge is 0.316 e. The molecule has 0 aromatic carbocycles. The van der Waals surface area contributed by atoms with E-state index in [4.69, 9.17) is 0 Å². The summed E-state index contributed by atoms with van der Waals surface area (Å²) in [6.07, 6.45) is 11.8. The van der Waals surface area contributed by atoms with Crippen molar-refractivity contribution in [2.75, 3.05) is 13.1 Å². The Morgan fingerprint density at radius 2 is 1.73 bits per heavy atom. The van der Waals surface area contributed by atoms with Gasteiger partial charge in [0.15, 0.2) is 0 Å². The molecule has 2 fully saturated rings. The molecule has 1 N–H and O–H groups in total. The van der Waals surface area contributed by atoms with Crippen molar-refractivity contribution in [1.29, 1.82) is 0 Å². The summed E-state index contributed by atoms with van der Waals surface area (Å²) in [6, 6.07) is 0. The van der Waals surface area contributed by atoms with Crippen LogP contribution in [0.4, 0.5) is 0 Å². The first-order valence-electron chi connectivity index (χ1n) is 7.05. The first kappa shape index (κ1) is 11.4. The molecule has 2 aliphatic carbocycles. The van der Waals surface area contributed by atoms with Crippen LogP contribution in [0.1, 0.15) is 58.3 Å². The molecular weight excluding hydrogens is 182 g/mol. The van der Waals surface area contributed by atoms with Crippen LogP contribution in [0.15, 0.2) is 0 Å². The predicted octanol–water partition coefficient (Wildman–Crippen LogP) is 3.59. The molecule has 1 nitrogen and oxygen atoms in total. The van der Waals surface area contributed by atoms with E-state index < -0.39 is 0 Å². The average molecular weight is 209 g/mol. The molecule has 1 heteroatoms. The number of hydrogen-bond donors (Lipinski definition) is 1. The summed E-state index contributed by atoms with van der Waals surface area (Å²) in [4.78, 5) is 0. The first-order valence-corrected chi connectivity index (χ1v) is 7.05. The summed E-state index contributed by atoms with van der Waals surface area (Å²) in [5.41, 5.74) is 0. The van der Waals surface area contributed by atoms with E-state index in [-0.39, 0.29) is 0 Å². The van der Waals surface area contributed by atoms with Gasteiger partial charge in [-0.1, -0.05) is 39.0 Å². The van der Waals surface area contributed by atoms with E-state index in [2.05, 4.69) is 12.2 Å². The molecule has 0 heterocycles. The van der Waals surface area contributed by atoms with E-state index in [0.29, 0.717) is 0 Å². The van der Waals surface area contributed by atoms with Gasteiger partial charge in [-0.3, -0.25) is 0 Å². The van der Waals surface area contributed by atoms with Gasteiger partial charge in [0.25, 0.3) is 0 Å². The standard InChI is InChI=1S/C14H27N/c1-12-4-2-7-14(10-12)11-15-9-8-13-5-3-6-13/h12-15H,2-11H2,1H3. The monoisotopic (exact) mass is 209 g/mol. The molecule has 0 saturated heterocycles. The lowest BCUT2D eigenvalue weighted by Crippen LogP contribution is -2.29. The molecule has 0 aromatic heterocycles. The van der Waals surface area contributed by atoms with E-state index >= 15 is 0 Å². The van der Waals surface area contributed by atoms with Crippen molar-refractivity contribution in [3.8, 4) is 0 Å². The number of hydrogen-bond acceptors (Lipinski definition) is 1. The van der Waals surface area contributed by atoms with Crippen LogP contribution >= 0.6 is 0 Å². The molecular formula is C14H27N. The van der Waals surface area contributed by atoms with Gasteiger partial charge in [-0.15, -0.1) is 0 Å². The van der Waals surface area contributed by atoms with Crippen molar-refractivity contribution in [3.63, 3.8) is 0 Å². The fourth-order valence-electron chi connectivity index (χ4n) is 3.14. The Bertz CT molecular complexity index is 174. The fourth-order valence-corrected chi connectivity index (χ4v) is 3.14. The van der Waals surface area contributed by atoms with Gasteiger partial charge >= 0.3 is 0 Å². The zero-order chi connectivity index (χ0) is 10.5. The molecule has 2 aliphatic rings. The summed E-state index contributed by atoms with van der Waals surface area (Å²) in [5.74, 6) is 3.04. The van der Waals surface area contributed by atoms with Crippen LogP contribution in [0.25, 0.3) is 0 Å². The van der Waals surface area contributed by atoms with Crippen LogP contribution in [0.2, 0.25) is 0 Å². The second-order valence-electron chi connectivity index (χ2n) is 5.93. The van der Waals surface area contributed by atoms with Crippen molar-refractivity contribution in [1.82, 2.24) is 5.32 Å². The molecule has 0 amide bonds. The molecule has 2 saturated carbocycles. The molecule has 88 valence electrons. The minimum Gasteiger partial charge on any atom is -0.316 e. The van der Waals surface area contributed by atoms with E-state index in [0.717, 1.165) is 17.8 Å². The SMILES string of the molecule is CC1CCCC(CNCCC2CCC2)C1. The first-order chi connectivity index (χ1) is 7.34. The highest BCUT2D eigenvalue weighted by Gasteiger charge is 2.19. The second-order valence-corrected chi connectivity index (χ2v) is 5.93. The minimum atomic E-state index is 0.982. The Balaban J connectivity index is 1.49. The van der Waals surface area contributed by atoms with Gasteiger partial charge in [0.2, 0.25) is 0 Å². The van der Waals surface area contributed by atoms with Crippen molar-refractivity contribution < 1.29 is 0 Å². The van der Waals surface area contributed by atoms with Gasteiger partial charge in [0.1, 0.15) is 0 Å². The highest BCUT2D eigenvalue weighted by Crippen LogP contribution is 2.29. The maximum Gasteiger partial charge on any atom is -0.00204 e. The lowest BCUT2D eigenvalue weighted by atomic mass is 9.82. The molecule has 2 unspecified atom stereocenters. The van der Waals surface area contributed by atoms with Crippen molar-refractivity contribution in [2.45, 2.75) is 58.3 Å². The van der Waals surface area contributed by atoms with Gasteiger partial charge < -0.3 is 5.32 Å². The van der Waals surface area contributed by atoms with Gasteiger partial charge in [-0.2, -0.15) is 0 Å². The quantitative estimate of drug-likeness (QED) is 0.682. The topological polar surface area (TPSA) is 12.0 Å². The van der Waals surface area contributed by atoms with Crippen LogP contribution in [0, 0.1) is 17.8 Å². The lowest BCUT2D eigenvalue weighted by molar-refractivity contribution is 0.260. The third-order valence-electron chi connectivity index (χ3n) is 4.43. The third kappa shape index (κ3) is 3.79. The van der Waals surface area contributed by atoms with E-state index in [1.165, 1.54) is 64.5 Å². The van der Waals surface area contributed by atoms with Gasteiger partial charge in [-0.05, 0) is 50.1 Å². The Kier molecular flexibility index (Phi) is 4.49. The van der Waals surface area contributed by atoms with Crippen LogP contribution in [0.3, 0.4) is 0 Å². The van der Waals surface area contributed by atoms with Crippen molar-refractivity contribution in [3.05, 3.63) is 0 Å². The highest BCUT2D eigenvalue weighted by atomic mass is 14.9. The Morgan fingerprint density at radius 1 is 1.00 bits per heavy atom. The van der Waals surface area contributed by atoms with Gasteiger partial charge in [0, 0.05) is 0 Å². The zero-order valence-electron chi connectivity index (χ0n) is 10.3. The smallest absolute Gasteiger partial charge is 0.00204 e. The maximum absolute atomic E-state index is 3.67. The fraction of sp³-hybridized carbons (Fsp3) is 1.00. The predicted molar refractivity (Wildman–Crippen MR) is 65.9 cm³/mol. The van der Waals surface area contributed by atoms with Crippen LogP contribution in [0.5, 0.6) is 0 Å². The summed E-state index contributed by atoms with van der Waals surface area (Å²) >= 11 is 0. The summed E-state index contributed by atoms with van der Waals surface area (Å²) in [6.45, 7) is 4.98. The van der Waals surface area contributed by atoms with E-state index in [9.17, 15) is 0 Å². The molecule has 0 spiro atoms. The Hall–Kier alpha value is -0.0400. The van der Waals surface area contributed by atoms with Crippen LogP contribution in [-0.2, 0) is 0 Å². The molecule has 0 bridgehead atoms. The maximum atomic E-state index is 3.67. The third-order valence-corrected chi connectivity index (χ3v) is 4.43. The average Bonchev–Trinajstić information content (AvgIpc) is 2.15. The molecule has 2 rings (SSSR count). The summed E-state index contributed by atoms with van der Waals surface area (Å²) in [7, 11) is 0. The highest BCUT2D eigenvalue weighted by molar-refractivity contribution is 4.74. The normalized spacial score (nSPS) is 32.6. The van der Waals surface area contributed by atoms with E-state index in [1.807, 2.05) is 0 Å². The summed E-state index contributed by atoms with van der Waals surface area (Å²) < 4.78 is 0. The van der Waals surface area contributed by atoms with E-state index in [1.54, 1.807) is 0 Å². The molecule has 2 atom stereocenters. The second kappa shape index (κ2) is 5.89. The Labute approximate surface area is 95.0 Å². The minimum absolute atomic E-state index is 0.982. The van der Waals surface area contributed by atoms with Crippen LogP contribution in [-0.4, -0.2) is 13.1 Å². The molecule has 0 aromatic rings. The van der Waals surface area contributed by atoms with Crippen molar-refractivity contribution >= 4 is 0 Å². The lowest BCUT2D eigenvalue weighted by Gasteiger charge is -2.28. The summed E-state index contributed by atoms with van der Waals surface area (Å²) in [5, 5.41) is 3.67. The molecule has 0 radical (unpaired) electrons. The van der Waals surface area contributed by atoms with Gasteiger partial charge in [-0.25, -0.2) is 0 Å². The Morgan fingerprint density at radius 3 is 2.40 bits per heavy atom. The van der Waals surface area contributed by atoms with Crippen LogP contribution < -0.4 is 5.32 Å².